The summed E-state index contributed by atoms with van der Waals surface area (Å²) in [6.07, 6.45) is 0. The molecule has 0 aliphatic carbocycles. The van der Waals surface area contributed by atoms with E-state index in [0.717, 1.165) is 11.3 Å². The zero-order valence-electron chi connectivity index (χ0n) is 18.1. The number of rotatable bonds is 8. The number of sulfonamides is 1. The minimum absolute atomic E-state index is 0.0128. The molecule has 0 aliphatic rings. The summed E-state index contributed by atoms with van der Waals surface area (Å²) in [6.45, 7) is 1.93. The first-order valence-electron chi connectivity index (χ1n) is 9.93. The zero-order valence-corrected chi connectivity index (χ0v) is 18.9. The van der Waals surface area contributed by atoms with E-state index in [1.54, 1.807) is 24.3 Å². The van der Waals surface area contributed by atoms with Crippen LogP contribution in [0.3, 0.4) is 0 Å². The SMILES string of the molecule is COc1ccc(NS(=O)(=O)c2ccc(C(=O)NNC(=O)CNc3ccc(C)cc3)cc2)cc1. The lowest BCUT2D eigenvalue weighted by atomic mass is 10.2. The second-order valence-corrected chi connectivity index (χ2v) is 8.76. The number of aryl methyl sites for hydroxylation is 1. The van der Waals surface area contributed by atoms with Gasteiger partial charge in [-0.1, -0.05) is 17.7 Å². The molecule has 0 saturated carbocycles. The fraction of sp³-hybridized carbons (Fsp3) is 0.130. The van der Waals surface area contributed by atoms with Crippen molar-refractivity contribution >= 4 is 33.2 Å². The van der Waals surface area contributed by atoms with Gasteiger partial charge in [-0.25, -0.2) is 8.42 Å². The van der Waals surface area contributed by atoms with Crippen LogP contribution in [0.15, 0.2) is 77.7 Å². The highest BCUT2D eigenvalue weighted by molar-refractivity contribution is 7.92. The van der Waals surface area contributed by atoms with Crippen LogP contribution in [0.2, 0.25) is 0 Å². The predicted octanol–water partition coefficient (Wildman–Crippen LogP) is 2.68. The average Bonchev–Trinajstić information content (AvgIpc) is 2.82. The smallest absolute Gasteiger partial charge is 0.269 e. The predicted molar refractivity (Wildman–Crippen MR) is 126 cm³/mol. The number of carbonyl (C=O) groups is 2. The molecule has 0 atom stereocenters. The first-order valence-corrected chi connectivity index (χ1v) is 11.4. The van der Waals surface area contributed by atoms with Gasteiger partial charge in [0.15, 0.2) is 0 Å². The van der Waals surface area contributed by atoms with Crippen LogP contribution in [0.1, 0.15) is 15.9 Å². The lowest BCUT2D eigenvalue weighted by molar-refractivity contribution is -0.120. The van der Waals surface area contributed by atoms with Gasteiger partial charge >= 0.3 is 0 Å². The van der Waals surface area contributed by atoms with Crippen LogP contribution in [-0.2, 0) is 14.8 Å². The number of carbonyl (C=O) groups excluding carboxylic acids is 2. The lowest BCUT2D eigenvalue weighted by Crippen LogP contribution is -2.44. The minimum atomic E-state index is -3.84. The van der Waals surface area contributed by atoms with Crippen LogP contribution in [-0.4, -0.2) is 33.9 Å². The Morgan fingerprint density at radius 1 is 0.818 bits per heavy atom. The van der Waals surface area contributed by atoms with Crippen LogP contribution < -0.4 is 25.6 Å². The van der Waals surface area contributed by atoms with E-state index in [-0.39, 0.29) is 17.0 Å². The van der Waals surface area contributed by atoms with E-state index in [2.05, 4.69) is 20.9 Å². The Hall–Kier alpha value is -4.05. The molecule has 2 amide bonds. The molecule has 10 heteroatoms. The number of nitrogens with one attached hydrogen (secondary N) is 4. The third-order valence-electron chi connectivity index (χ3n) is 4.59. The molecule has 0 heterocycles. The van der Waals surface area contributed by atoms with Crippen molar-refractivity contribution < 1.29 is 22.7 Å². The number of ether oxygens (including phenoxy) is 1. The molecule has 3 rings (SSSR count). The minimum Gasteiger partial charge on any atom is -0.497 e. The van der Waals surface area contributed by atoms with E-state index in [1.165, 1.54) is 31.4 Å². The van der Waals surface area contributed by atoms with Crippen molar-refractivity contribution in [2.75, 3.05) is 23.7 Å². The highest BCUT2D eigenvalue weighted by Gasteiger charge is 2.15. The molecule has 0 saturated heterocycles. The van der Waals surface area contributed by atoms with E-state index < -0.39 is 21.8 Å². The first-order chi connectivity index (χ1) is 15.8. The highest BCUT2D eigenvalue weighted by atomic mass is 32.2. The topological polar surface area (TPSA) is 126 Å². The molecule has 0 spiro atoms. The maximum absolute atomic E-state index is 12.6. The Bertz CT molecular complexity index is 1210. The Labute approximate surface area is 192 Å². The fourth-order valence-electron chi connectivity index (χ4n) is 2.76. The van der Waals surface area contributed by atoms with Gasteiger partial charge in [-0.3, -0.25) is 25.2 Å². The molecular weight excluding hydrogens is 444 g/mol. The van der Waals surface area contributed by atoms with Gasteiger partial charge in [0, 0.05) is 16.9 Å². The van der Waals surface area contributed by atoms with E-state index in [1.807, 2.05) is 31.2 Å². The van der Waals surface area contributed by atoms with E-state index in [4.69, 9.17) is 4.74 Å². The van der Waals surface area contributed by atoms with Gasteiger partial charge in [0.25, 0.3) is 21.8 Å². The summed E-state index contributed by atoms with van der Waals surface area (Å²) in [4.78, 5) is 24.2. The first kappa shape index (κ1) is 23.6. The summed E-state index contributed by atoms with van der Waals surface area (Å²) in [5, 5.41) is 2.94. The summed E-state index contributed by atoms with van der Waals surface area (Å²) < 4.78 is 32.6. The van der Waals surface area contributed by atoms with Crippen LogP contribution in [0.25, 0.3) is 0 Å². The zero-order chi connectivity index (χ0) is 23.8. The molecule has 9 nitrogen and oxygen atoms in total. The van der Waals surface area contributed by atoms with E-state index in [0.29, 0.717) is 11.4 Å². The second kappa shape index (κ2) is 10.5. The molecule has 0 bridgehead atoms. The molecule has 0 fully saturated rings. The number of hydrogen-bond donors (Lipinski definition) is 4. The molecule has 3 aromatic rings. The van der Waals surface area contributed by atoms with Crippen LogP contribution >= 0.6 is 0 Å². The second-order valence-electron chi connectivity index (χ2n) is 7.08. The Balaban J connectivity index is 1.52. The van der Waals surface area contributed by atoms with Crippen LogP contribution in [0.4, 0.5) is 11.4 Å². The lowest BCUT2D eigenvalue weighted by Gasteiger charge is -2.11. The van der Waals surface area contributed by atoms with Crippen molar-refractivity contribution in [1.82, 2.24) is 10.9 Å². The van der Waals surface area contributed by atoms with Crippen LogP contribution in [0, 0.1) is 6.92 Å². The van der Waals surface area contributed by atoms with Gasteiger partial charge in [0.05, 0.1) is 18.6 Å². The largest absolute Gasteiger partial charge is 0.497 e. The molecule has 0 aromatic heterocycles. The normalized spacial score (nSPS) is 10.7. The highest BCUT2D eigenvalue weighted by Crippen LogP contribution is 2.19. The van der Waals surface area contributed by atoms with Crippen molar-refractivity contribution in [3.63, 3.8) is 0 Å². The maximum atomic E-state index is 12.6. The van der Waals surface area contributed by atoms with Gasteiger partial charge < -0.3 is 10.1 Å². The molecule has 33 heavy (non-hydrogen) atoms. The molecule has 172 valence electrons. The van der Waals surface area contributed by atoms with Crippen molar-refractivity contribution in [2.45, 2.75) is 11.8 Å². The van der Waals surface area contributed by atoms with Crippen LogP contribution in [0.5, 0.6) is 5.75 Å². The van der Waals surface area contributed by atoms with Crippen molar-refractivity contribution in [2.24, 2.45) is 0 Å². The van der Waals surface area contributed by atoms with E-state index in [9.17, 15) is 18.0 Å². The fourth-order valence-corrected chi connectivity index (χ4v) is 3.81. The standard InChI is InChI=1S/C23H24N4O5S/c1-16-3-7-18(8-4-16)24-15-22(28)25-26-23(29)17-5-13-21(14-6-17)33(30,31)27-19-9-11-20(32-2)12-10-19/h3-14,24,27H,15H2,1-2H3,(H,25,28)(H,26,29). The Morgan fingerprint density at radius 3 is 2.03 bits per heavy atom. The van der Waals surface area contributed by atoms with Gasteiger partial charge in [0.1, 0.15) is 5.75 Å². The molecule has 0 aliphatic heterocycles. The molecule has 3 aromatic carbocycles. The molecule has 0 unspecified atom stereocenters. The van der Waals surface area contributed by atoms with Gasteiger partial charge in [-0.15, -0.1) is 0 Å². The summed E-state index contributed by atoms with van der Waals surface area (Å²) in [6, 6.07) is 19.3. The molecule has 0 radical (unpaired) electrons. The maximum Gasteiger partial charge on any atom is 0.269 e. The number of hydrazine groups is 1. The van der Waals surface area contributed by atoms with Gasteiger partial charge in [-0.05, 0) is 67.6 Å². The third-order valence-corrected chi connectivity index (χ3v) is 5.99. The number of methoxy groups -OCH3 is 1. The number of amides is 2. The Kier molecular flexibility index (Phi) is 7.52. The monoisotopic (exact) mass is 468 g/mol. The summed E-state index contributed by atoms with van der Waals surface area (Å²) in [5.74, 6) is -0.413. The number of hydrogen-bond acceptors (Lipinski definition) is 6. The Morgan fingerprint density at radius 2 is 1.42 bits per heavy atom. The summed E-state index contributed by atoms with van der Waals surface area (Å²) >= 11 is 0. The summed E-state index contributed by atoms with van der Waals surface area (Å²) in [7, 11) is -2.32. The number of benzene rings is 3. The van der Waals surface area contributed by atoms with Gasteiger partial charge in [0.2, 0.25) is 0 Å². The summed E-state index contributed by atoms with van der Waals surface area (Å²) in [5.41, 5.74) is 7.05. The quantitative estimate of drug-likeness (QED) is 0.377. The third kappa shape index (κ3) is 6.71. The van der Waals surface area contributed by atoms with Crippen molar-refractivity contribution in [3.8, 4) is 5.75 Å². The van der Waals surface area contributed by atoms with Gasteiger partial charge in [-0.2, -0.15) is 0 Å². The van der Waals surface area contributed by atoms with Crippen molar-refractivity contribution in [3.05, 3.63) is 83.9 Å². The van der Waals surface area contributed by atoms with Crippen molar-refractivity contribution in [1.29, 1.82) is 0 Å². The van der Waals surface area contributed by atoms with E-state index >= 15 is 0 Å². The molecule has 4 N–H and O–H groups in total. The molecular formula is C23H24N4O5S. The average molecular weight is 469 g/mol. The number of anilines is 2.